The van der Waals surface area contributed by atoms with Crippen LogP contribution < -0.4 is 0 Å². The molecule has 4 atom stereocenters. The molecule has 5 rings (SSSR count). The van der Waals surface area contributed by atoms with Crippen molar-refractivity contribution in [3.05, 3.63) is 47.4 Å². The molecule has 0 saturated carbocycles. The van der Waals surface area contributed by atoms with Gasteiger partial charge in [-0.05, 0) is 42.9 Å². The van der Waals surface area contributed by atoms with Crippen molar-refractivity contribution in [1.29, 1.82) is 0 Å². The first kappa shape index (κ1) is 14.6. The highest BCUT2D eigenvalue weighted by Crippen LogP contribution is 2.47. The summed E-state index contributed by atoms with van der Waals surface area (Å²) >= 11 is 0. The van der Waals surface area contributed by atoms with E-state index in [1.165, 1.54) is 22.2 Å². The minimum absolute atomic E-state index is 0.111. The second kappa shape index (κ2) is 5.36. The molecule has 1 aromatic carbocycles. The fraction of sp³-hybridized carbons (Fsp3) is 0.500. The molecule has 4 heteroatoms. The molecule has 2 unspecified atom stereocenters. The summed E-state index contributed by atoms with van der Waals surface area (Å²) in [5.74, 6) is 0.914. The minimum atomic E-state index is 0.111. The average Bonchev–Trinajstić information content (AvgIpc) is 3.00. The van der Waals surface area contributed by atoms with Crippen molar-refractivity contribution in [2.24, 2.45) is 11.8 Å². The number of aromatic nitrogens is 1. The first-order valence-electron chi connectivity index (χ1n) is 9.05. The Morgan fingerprint density at radius 1 is 1.33 bits per heavy atom. The van der Waals surface area contributed by atoms with Gasteiger partial charge in [0.25, 0.3) is 0 Å². The summed E-state index contributed by atoms with van der Waals surface area (Å²) in [7, 11) is 0. The maximum absolute atomic E-state index is 9.75. The molecule has 0 radical (unpaired) electrons. The number of nitrogens with one attached hydrogen (secondary N) is 1. The van der Waals surface area contributed by atoms with E-state index < -0.39 is 0 Å². The van der Waals surface area contributed by atoms with E-state index in [4.69, 9.17) is 4.74 Å². The van der Waals surface area contributed by atoms with E-state index in [2.05, 4.69) is 41.1 Å². The van der Waals surface area contributed by atoms with Crippen LogP contribution in [0.15, 0.2) is 36.1 Å². The molecule has 2 N–H and O–H groups in total. The Morgan fingerprint density at radius 3 is 3.08 bits per heavy atom. The molecular formula is C20H24N2O2. The Bertz CT molecular complexity index is 809. The van der Waals surface area contributed by atoms with Crippen LogP contribution in [0.4, 0.5) is 0 Å². The highest BCUT2D eigenvalue weighted by Gasteiger charge is 2.44. The second-order valence-electron chi connectivity index (χ2n) is 7.52. The van der Waals surface area contributed by atoms with E-state index in [-0.39, 0.29) is 12.7 Å². The second-order valence-corrected chi connectivity index (χ2v) is 7.52. The summed E-state index contributed by atoms with van der Waals surface area (Å²) < 4.78 is 5.79. The number of aliphatic hydroxyl groups excluding tert-OH is 1. The topological polar surface area (TPSA) is 48.5 Å². The quantitative estimate of drug-likeness (QED) is 0.848. The maximum Gasteiger partial charge on any atom is 0.0996 e. The van der Waals surface area contributed by atoms with Crippen molar-refractivity contribution in [1.82, 2.24) is 9.88 Å². The fourth-order valence-corrected chi connectivity index (χ4v) is 5.11. The van der Waals surface area contributed by atoms with E-state index in [9.17, 15) is 5.11 Å². The van der Waals surface area contributed by atoms with E-state index >= 15 is 0 Å². The van der Waals surface area contributed by atoms with Gasteiger partial charge in [0.05, 0.1) is 25.0 Å². The zero-order valence-electron chi connectivity index (χ0n) is 14.0. The number of H-pyrrole nitrogens is 1. The molecule has 0 amide bonds. The van der Waals surface area contributed by atoms with Gasteiger partial charge in [-0.15, -0.1) is 0 Å². The smallest absolute Gasteiger partial charge is 0.0996 e. The number of aromatic amines is 1. The van der Waals surface area contributed by atoms with E-state index in [0.29, 0.717) is 17.9 Å². The number of piperidine rings is 1. The lowest BCUT2D eigenvalue weighted by Gasteiger charge is -2.49. The maximum atomic E-state index is 9.75. The predicted octanol–water partition coefficient (Wildman–Crippen LogP) is 3.00. The van der Waals surface area contributed by atoms with Gasteiger partial charge >= 0.3 is 0 Å². The van der Waals surface area contributed by atoms with Crippen LogP contribution in [0, 0.1) is 11.8 Å². The number of para-hydroxylation sites is 1. The first-order chi connectivity index (χ1) is 11.8. The zero-order valence-corrected chi connectivity index (χ0v) is 14.0. The van der Waals surface area contributed by atoms with Crippen LogP contribution in [-0.2, 0) is 11.2 Å². The molecule has 2 aromatic rings. The molecular weight excluding hydrogens is 300 g/mol. The lowest BCUT2D eigenvalue weighted by molar-refractivity contribution is -0.0268. The monoisotopic (exact) mass is 324 g/mol. The molecule has 1 saturated heterocycles. The largest absolute Gasteiger partial charge is 0.498 e. The standard InChI is InChI=1S/C20H24N2O2/c1-12-17-9-22-7-6-15-14-4-2-3-5-18(14)21-20(15)19(22)8-16(17)13(10-23)11-24-12/h2-5,11-12,16-17,19,21,23H,6-10H2,1H3/t12?,16-,17?,19+/m1/s1. The number of fused-ring (bicyclic) bond motifs is 6. The number of nitrogens with zero attached hydrogens (tertiary/aromatic N) is 1. The van der Waals surface area contributed by atoms with Crippen LogP contribution in [-0.4, -0.2) is 40.8 Å². The Morgan fingerprint density at radius 2 is 2.21 bits per heavy atom. The molecule has 126 valence electrons. The third-order valence-electron chi connectivity index (χ3n) is 6.40. The van der Waals surface area contributed by atoms with E-state index in [1.807, 2.05) is 6.26 Å². The summed E-state index contributed by atoms with van der Waals surface area (Å²) in [6, 6.07) is 9.08. The van der Waals surface area contributed by atoms with Gasteiger partial charge in [-0.1, -0.05) is 18.2 Å². The van der Waals surface area contributed by atoms with Crippen molar-refractivity contribution in [2.75, 3.05) is 19.7 Å². The van der Waals surface area contributed by atoms with Crippen molar-refractivity contribution < 1.29 is 9.84 Å². The number of hydrogen-bond donors (Lipinski definition) is 2. The Balaban J connectivity index is 1.56. The Hall–Kier alpha value is -1.78. The SMILES string of the molecule is CC1OC=C(CO)[C@H]2C[C@H]3c4[nH]c5ccccc5c4CCN3CC12. The molecule has 1 aromatic heterocycles. The molecule has 4 nitrogen and oxygen atoms in total. The number of ether oxygens (including phenoxy) is 1. The summed E-state index contributed by atoms with van der Waals surface area (Å²) in [5.41, 5.74) is 5.22. The van der Waals surface area contributed by atoms with Crippen molar-refractivity contribution in [3.8, 4) is 0 Å². The van der Waals surface area contributed by atoms with Crippen molar-refractivity contribution >= 4 is 10.9 Å². The molecule has 4 heterocycles. The summed E-state index contributed by atoms with van der Waals surface area (Å²) in [4.78, 5) is 6.32. The molecule has 0 bridgehead atoms. The predicted molar refractivity (Wildman–Crippen MR) is 93.6 cm³/mol. The third-order valence-corrected chi connectivity index (χ3v) is 6.40. The van der Waals surface area contributed by atoms with Crippen LogP contribution in [0.1, 0.15) is 30.6 Å². The summed E-state index contributed by atoms with van der Waals surface area (Å²) in [6.45, 7) is 4.46. The number of rotatable bonds is 1. The number of hydrogen-bond acceptors (Lipinski definition) is 3. The van der Waals surface area contributed by atoms with Gasteiger partial charge in [-0.3, -0.25) is 4.90 Å². The molecule has 0 spiro atoms. The van der Waals surface area contributed by atoms with Crippen molar-refractivity contribution in [2.45, 2.75) is 31.9 Å². The van der Waals surface area contributed by atoms with Gasteiger partial charge in [-0.25, -0.2) is 0 Å². The van der Waals surface area contributed by atoms with Gasteiger partial charge in [0.15, 0.2) is 0 Å². The summed E-state index contributed by atoms with van der Waals surface area (Å²) in [5, 5.41) is 11.1. The van der Waals surface area contributed by atoms with Gasteiger partial charge in [0, 0.05) is 35.6 Å². The zero-order chi connectivity index (χ0) is 16.3. The van der Waals surface area contributed by atoms with Crippen LogP contribution in [0.25, 0.3) is 10.9 Å². The highest BCUT2D eigenvalue weighted by molar-refractivity contribution is 5.85. The molecule has 1 fully saturated rings. The Labute approximate surface area is 142 Å². The number of aliphatic hydroxyl groups is 1. The first-order valence-corrected chi connectivity index (χ1v) is 9.05. The minimum Gasteiger partial charge on any atom is -0.498 e. The molecule has 24 heavy (non-hydrogen) atoms. The van der Waals surface area contributed by atoms with Crippen LogP contribution >= 0.6 is 0 Å². The lowest BCUT2D eigenvalue weighted by atomic mass is 9.72. The fourth-order valence-electron chi connectivity index (χ4n) is 5.11. The van der Waals surface area contributed by atoms with Crippen molar-refractivity contribution in [3.63, 3.8) is 0 Å². The van der Waals surface area contributed by atoms with E-state index in [0.717, 1.165) is 31.5 Å². The van der Waals surface area contributed by atoms with Gasteiger partial charge < -0.3 is 14.8 Å². The van der Waals surface area contributed by atoms with Gasteiger partial charge in [0.1, 0.15) is 0 Å². The summed E-state index contributed by atoms with van der Waals surface area (Å²) in [6.07, 6.45) is 4.24. The van der Waals surface area contributed by atoms with Gasteiger partial charge in [0.2, 0.25) is 0 Å². The normalized spacial score (nSPS) is 32.5. The Kier molecular flexibility index (Phi) is 3.25. The average molecular weight is 324 g/mol. The molecule has 0 aliphatic carbocycles. The molecule has 3 aliphatic rings. The van der Waals surface area contributed by atoms with Gasteiger partial charge in [-0.2, -0.15) is 0 Å². The highest BCUT2D eigenvalue weighted by atomic mass is 16.5. The van der Waals surface area contributed by atoms with E-state index in [1.54, 1.807) is 0 Å². The number of benzene rings is 1. The molecule has 3 aliphatic heterocycles. The van der Waals surface area contributed by atoms with Crippen LogP contribution in [0.5, 0.6) is 0 Å². The third kappa shape index (κ3) is 1.99. The van der Waals surface area contributed by atoms with Crippen LogP contribution in [0.3, 0.4) is 0 Å². The lowest BCUT2D eigenvalue weighted by Crippen LogP contribution is -2.51. The van der Waals surface area contributed by atoms with Crippen LogP contribution in [0.2, 0.25) is 0 Å².